The number of piperidine rings is 2. The van der Waals surface area contributed by atoms with Crippen LogP contribution in [0.3, 0.4) is 0 Å². The van der Waals surface area contributed by atoms with Crippen LogP contribution in [0.2, 0.25) is 0 Å². The number of hydrogen-bond acceptors (Lipinski definition) is 6. The van der Waals surface area contributed by atoms with Crippen LogP contribution >= 0.6 is 0 Å². The molecule has 2 atom stereocenters. The molecule has 2 bridgehead atoms. The first-order valence-electron chi connectivity index (χ1n) is 7.64. The molecule has 3 aliphatic rings. The number of hydrogen-bond donors (Lipinski definition) is 2. The van der Waals surface area contributed by atoms with E-state index in [0.717, 1.165) is 12.8 Å². The Bertz CT molecular complexity index is 666. The van der Waals surface area contributed by atoms with Gasteiger partial charge in [0.25, 0.3) is 5.91 Å². The molecule has 24 heavy (non-hydrogen) atoms. The highest BCUT2D eigenvalue weighted by molar-refractivity contribution is 7.80. The van der Waals surface area contributed by atoms with Crippen LogP contribution in [0, 0.1) is 0 Å². The first-order valence-corrected chi connectivity index (χ1v) is 9.00. The maximum Gasteiger partial charge on any atom is 0.418 e. The van der Waals surface area contributed by atoms with Gasteiger partial charge in [-0.1, -0.05) is 0 Å². The largest absolute Gasteiger partial charge is 0.418 e. The fourth-order valence-electron chi connectivity index (χ4n) is 3.24. The number of carbonyl (C=O) groups excluding carboxylic acids is 3. The molecule has 4 amide bonds. The molecule has 3 saturated heterocycles. The lowest BCUT2D eigenvalue weighted by Gasteiger charge is -2.33. The second-order valence-electron chi connectivity index (χ2n) is 5.99. The molecule has 134 valence electrons. The first kappa shape index (κ1) is 16.9. The summed E-state index contributed by atoms with van der Waals surface area (Å²) >= 11 is 0. The lowest BCUT2D eigenvalue weighted by molar-refractivity contribution is -0.145. The van der Waals surface area contributed by atoms with Crippen molar-refractivity contribution in [2.75, 3.05) is 13.1 Å². The van der Waals surface area contributed by atoms with Crippen LogP contribution in [-0.4, -0.2) is 71.0 Å². The van der Waals surface area contributed by atoms with Gasteiger partial charge in [0.2, 0.25) is 5.91 Å². The van der Waals surface area contributed by atoms with Gasteiger partial charge in [-0.15, -0.1) is 4.28 Å². The molecule has 0 radical (unpaired) electrons. The molecule has 0 aromatic heterocycles. The number of amides is 4. The summed E-state index contributed by atoms with van der Waals surface area (Å²) < 4.78 is 34.7. The van der Waals surface area contributed by atoms with Crippen LogP contribution < -0.4 is 5.43 Å². The average molecular weight is 362 g/mol. The van der Waals surface area contributed by atoms with Gasteiger partial charge in [0, 0.05) is 19.5 Å². The van der Waals surface area contributed by atoms with Crippen molar-refractivity contribution in [3.63, 3.8) is 0 Å². The van der Waals surface area contributed by atoms with E-state index < -0.39 is 34.4 Å². The van der Waals surface area contributed by atoms with E-state index in [1.807, 2.05) is 0 Å². The van der Waals surface area contributed by atoms with Gasteiger partial charge in [-0.2, -0.15) is 13.5 Å². The summed E-state index contributed by atoms with van der Waals surface area (Å²) in [6, 6.07) is -2.18. The maximum absolute atomic E-state index is 12.4. The number of urea groups is 1. The summed E-state index contributed by atoms with van der Waals surface area (Å²) in [7, 11) is -4.82. The molecule has 3 fully saturated rings. The van der Waals surface area contributed by atoms with E-state index in [-0.39, 0.29) is 12.5 Å². The molecule has 2 N–H and O–H groups in total. The fourth-order valence-corrected chi connectivity index (χ4v) is 3.62. The number of nitrogens with zero attached hydrogens (tertiary/aromatic N) is 3. The summed E-state index contributed by atoms with van der Waals surface area (Å²) in [5, 5.41) is 1.83. The van der Waals surface area contributed by atoms with Gasteiger partial charge in [-0.3, -0.25) is 24.6 Å². The average Bonchev–Trinajstić information content (AvgIpc) is 2.73. The van der Waals surface area contributed by atoms with Crippen molar-refractivity contribution in [3.05, 3.63) is 0 Å². The van der Waals surface area contributed by atoms with E-state index in [1.165, 1.54) is 9.91 Å². The molecule has 1 unspecified atom stereocenters. The molecule has 3 heterocycles. The first-order chi connectivity index (χ1) is 11.3. The van der Waals surface area contributed by atoms with Gasteiger partial charge in [0.15, 0.2) is 0 Å². The SMILES string of the molecule is O=C(NN1CCCCC1=O)[C@@H]1CCC2CN1C(=O)N2OS(=O)(=O)O. The lowest BCUT2D eigenvalue weighted by Crippen LogP contribution is -2.56. The van der Waals surface area contributed by atoms with Crippen molar-refractivity contribution in [1.29, 1.82) is 0 Å². The van der Waals surface area contributed by atoms with Crippen molar-refractivity contribution in [2.45, 2.75) is 44.2 Å². The molecular weight excluding hydrogens is 344 g/mol. The van der Waals surface area contributed by atoms with Gasteiger partial charge >= 0.3 is 16.4 Å². The molecular formula is C12H18N4O7S. The third kappa shape index (κ3) is 3.30. The van der Waals surface area contributed by atoms with Crippen LogP contribution in [0.25, 0.3) is 0 Å². The van der Waals surface area contributed by atoms with Crippen molar-refractivity contribution in [3.8, 4) is 0 Å². The fraction of sp³-hybridized carbons (Fsp3) is 0.750. The monoisotopic (exact) mass is 362 g/mol. The van der Waals surface area contributed by atoms with Gasteiger partial charge in [-0.25, -0.2) is 4.79 Å². The quantitative estimate of drug-likeness (QED) is 0.614. The summed E-state index contributed by atoms with van der Waals surface area (Å²) in [6.45, 7) is 0.534. The zero-order valence-corrected chi connectivity index (χ0v) is 13.6. The van der Waals surface area contributed by atoms with Gasteiger partial charge in [0.1, 0.15) is 6.04 Å². The topological polar surface area (TPSA) is 137 Å². The lowest BCUT2D eigenvalue weighted by atomic mass is 10.0. The standard InChI is InChI=1S/C12H18N4O7S/c17-10-3-1-2-6-15(10)13-11(18)9-5-4-8-7-14(9)12(19)16(8)23-24(20,21)22/h8-9H,1-7H2,(H,13,18)(H,20,21,22)/t8?,9-/m0/s1. The van der Waals surface area contributed by atoms with E-state index in [2.05, 4.69) is 9.71 Å². The molecule has 0 aromatic rings. The highest BCUT2D eigenvalue weighted by Gasteiger charge is 2.49. The minimum absolute atomic E-state index is 0.111. The second kappa shape index (κ2) is 6.18. The van der Waals surface area contributed by atoms with Gasteiger partial charge < -0.3 is 4.90 Å². The Morgan fingerprint density at radius 3 is 2.67 bits per heavy atom. The minimum atomic E-state index is -4.82. The number of hydrazine groups is 1. The molecule has 0 spiro atoms. The highest BCUT2D eigenvalue weighted by Crippen LogP contribution is 2.30. The van der Waals surface area contributed by atoms with E-state index in [4.69, 9.17) is 4.55 Å². The molecule has 3 rings (SSSR count). The number of fused-ring (bicyclic) bond motifs is 2. The number of carbonyl (C=O) groups is 3. The molecule has 11 nitrogen and oxygen atoms in total. The molecule has 0 aliphatic carbocycles. The summed E-state index contributed by atoms with van der Waals surface area (Å²) in [5.41, 5.74) is 2.53. The van der Waals surface area contributed by atoms with Crippen molar-refractivity contribution in [2.24, 2.45) is 0 Å². The smallest absolute Gasteiger partial charge is 0.309 e. The summed E-state index contributed by atoms with van der Waals surface area (Å²) in [4.78, 5) is 37.6. The molecule has 3 aliphatic heterocycles. The second-order valence-corrected chi connectivity index (χ2v) is 6.99. The Hall–Kier alpha value is -1.92. The predicted octanol–water partition coefficient (Wildman–Crippen LogP) is -0.967. The summed E-state index contributed by atoms with van der Waals surface area (Å²) in [5.74, 6) is -0.668. The Kier molecular flexibility index (Phi) is 4.36. The van der Waals surface area contributed by atoms with Crippen molar-refractivity contribution < 1.29 is 31.6 Å². The number of nitrogens with one attached hydrogen (secondary N) is 1. The van der Waals surface area contributed by atoms with E-state index in [0.29, 0.717) is 30.9 Å². The van der Waals surface area contributed by atoms with E-state index in [1.54, 1.807) is 0 Å². The molecule has 12 heteroatoms. The van der Waals surface area contributed by atoms with Crippen LogP contribution in [0.15, 0.2) is 0 Å². The zero-order valence-electron chi connectivity index (χ0n) is 12.8. The maximum atomic E-state index is 12.4. The normalized spacial score (nSPS) is 27.6. The Balaban J connectivity index is 1.67. The number of rotatable bonds is 4. The van der Waals surface area contributed by atoms with Crippen LogP contribution in [0.1, 0.15) is 32.1 Å². The van der Waals surface area contributed by atoms with Gasteiger partial charge in [0.05, 0.1) is 6.04 Å². The Morgan fingerprint density at radius 2 is 2.00 bits per heavy atom. The minimum Gasteiger partial charge on any atom is -0.309 e. The van der Waals surface area contributed by atoms with Crippen LogP contribution in [0.5, 0.6) is 0 Å². The predicted molar refractivity (Wildman–Crippen MR) is 77.1 cm³/mol. The Morgan fingerprint density at radius 1 is 1.25 bits per heavy atom. The van der Waals surface area contributed by atoms with Gasteiger partial charge in [-0.05, 0) is 25.7 Å². The highest BCUT2D eigenvalue weighted by atomic mass is 32.3. The third-order valence-electron chi connectivity index (χ3n) is 4.37. The molecule has 0 saturated carbocycles. The van der Waals surface area contributed by atoms with E-state index >= 15 is 0 Å². The zero-order chi connectivity index (χ0) is 17.5. The van der Waals surface area contributed by atoms with Crippen LogP contribution in [-0.2, 0) is 24.3 Å². The third-order valence-corrected chi connectivity index (χ3v) is 4.72. The van der Waals surface area contributed by atoms with Crippen LogP contribution in [0.4, 0.5) is 4.79 Å². The van der Waals surface area contributed by atoms with E-state index in [9.17, 15) is 22.8 Å². The molecule has 0 aromatic carbocycles. The summed E-state index contributed by atoms with van der Waals surface area (Å²) in [6.07, 6.45) is 2.57. The van der Waals surface area contributed by atoms with Crippen molar-refractivity contribution in [1.82, 2.24) is 20.4 Å². The number of hydroxylamine groups is 2. The van der Waals surface area contributed by atoms with Crippen molar-refractivity contribution >= 4 is 28.2 Å². The Labute approximate surface area is 138 Å².